The molecule has 0 aliphatic carbocycles. The van der Waals surface area contributed by atoms with Crippen LogP contribution in [0.3, 0.4) is 0 Å². The number of benzene rings is 1. The number of fused-ring (bicyclic) bond motifs is 1. The van der Waals surface area contributed by atoms with E-state index >= 15 is 0 Å². The molecule has 0 saturated carbocycles. The van der Waals surface area contributed by atoms with Gasteiger partial charge in [-0.05, 0) is 57.9 Å². The maximum Gasteiger partial charge on any atom is 0.178 e. The summed E-state index contributed by atoms with van der Waals surface area (Å²) in [5.74, 6) is -0.565. The maximum absolute atomic E-state index is 14.9. The first kappa shape index (κ1) is 24.4. The molecule has 1 N–H and O–H groups in total. The summed E-state index contributed by atoms with van der Waals surface area (Å²) in [6.07, 6.45) is 4.67. The van der Waals surface area contributed by atoms with Gasteiger partial charge < -0.3 is 19.6 Å². The minimum absolute atomic E-state index is 0.0490. The SMILES string of the molecule is CC(C)N1CCOc2c(F)cc(-c3nc(Cc4ccc(N5CCC(C)(O)CC5)cn4)ncc3F)cc21. The van der Waals surface area contributed by atoms with Gasteiger partial charge in [0.05, 0.1) is 42.3 Å². The first-order valence-corrected chi connectivity index (χ1v) is 12.4. The van der Waals surface area contributed by atoms with E-state index < -0.39 is 17.2 Å². The molecule has 9 heteroatoms. The third-order valence-electron chi connectivity index (χ3n) is 6.96. The third kappa shape index (κ3) is 4.97. The quantitative estimate of drug-likeness (QED) is 0.564. The number of piperidine rings is 1. The van der Waals surface area contributed by atoms with Gasteiger partial charge >= 0.3 is 0 Å². The lowest BCUT2D eigenvalue weighted by molar-refractivity contribution is 0.0351. The van der Waals surface area contributed by atoms with Gasteiger partial charge in [0.15, 0.2) is 17.4 Å². The van der Waals surface area contributed by atoms with Crippen LogP contribution in [-0.4, -0.2) is 57.9 Å². The average Bonchev–Trinajstić information content (AvgIpc) is 2.85. The van der Waals surface area contributed by atoms with E-state index in [0.29, 0.717) is 49.5 Å². The second-order valence-electron chi connectivity index (χ2n) is 10.1. The summed E-state index contributed by atoms with van der Waals surface area (Å²) in [6.45, 7) is 8.49. The van der Waals surface area contributed by atoms with E-state index in [9.17, 15) is 13.9 Å². The summed E-state index contributed by atoms with van der Waals surface area (Å²) in [4.78, 5) is 17.4. The average molecular weight is 496 g/mol. The highest BCUT2D eigenvalue weighted by molar-refractivity contribution is 5.72. The van der Waals surface area contributed by atoms with Crippen LogP contribution in [0.25, 0.3) is 11.3 Å². The van der Waals surface area contributed by atoms with Gasteiger partial charge in [-0.25, -0.2) is 18.7 Å². The van der Waals surface area contributed by atoms with Crippen LogP contribution < -0.4 is 14.5 Å². The van der Waals surface area contributed by atoms with E-state index in [4.69, 9.17) is 4.74 Å². The van der Waals surface area contributed by atoms with Gasteiger partial charge in [-0.3, -0.25) is 4.98 Å². The monoisotopic (exact) mass is 495 g/mol. The lowest BCUT2D eigenvalue weighted by atomic mass is 9.93. The summed E-state index contributed by atoms with van der Waals surface area (Å²) in [7, 11) is 0. The molecular weight excluding hydrogens is 464 g/mol. The molecule has 0 bridgehead atoms. The fraction of sp³-hybridized carbons (Fsp3) is 0.444. The number of nitrogens with zero attached hydrogens (tertiary/aromatic N) is 5. The fourth-order valence-electron chi connectivity index (χ4n) is 4.78. The molecular formula is C27H31F2N5O2. The van der Waals surface area contributed by atoms with Crippen LogP contribution in [0.15, 0.2) is 36.7 Å². The van der Waals surface area contributed by atoms with E-state index in [2.05, 4.69) is 19.9 Å². The Bertz CT molecular complexity index is 1240. The molecule has 5 rings (SSSR count). The van der Waals surface area contributed by atoms with Crippen molar-refractivity contribution in [2.24, 2.45) is 0 Å². The summed E-state index contributed by atoms with van der Waals surface area (Å²) in [5, 5.41) is 10.2. The Morgan fingerprint density at radius 2 is 1.83 bits per heavy atom. The molecule has 190 valence electrons. The molecule has 36 heavy (non-hydrogen) atoms. The predicted molar refractivity (Wildman–Crippen MR) is 134 cm³/mol. The van der Waals surface area contributed by atoms with Crippen LogP contribution in [0, 0.1) is 11.6 Å². The van der Waals surface area contributed by atoms with Crippen LogP contribution in [0.2, 0.25) is 0 Å². The molecule has 2 aromatic heterocycles. The molecule has 0 unspecified atom stereocenters. The van der Waals surface area contributed by atoms with Gasteiger partial charge in [0.1, 0.15) is 18.1 Å². The van der Waals surface area contributed by atoms with Gasteiger partial charge in [0.25, 0.3) is 0 Å². The van der Waals surface area contributed by atoms with Gasteiger partial charge in [0.2, 0.25) is 0 Å². The van der Waals surface area contributed by atoms with Crippen molar-refractivity contribution in [2.45, 2.75) is 51.7 Å². The first-order valence-electron chi connectivity index (χ1n) is 12.4. The number of ether oxygens (including phenoxy) is 1. The van der Waals surface area contributed by atoms with Crippen molar-refractivity contribution in [1.29, 1.82) is 0 Å². The Balaban J connectivity index is 1.37. The molecule has 1 aromatic carbocycles. The van der Waals surface area contributed by atoms with Gasteiger partial charge in [-0.1, -0.05) is 0 Å². The Kier molecular flexibility index (Phi) is 6.51. The lowest BCUT2D eigenvalue weighted by Gasteiger charge is -2.37. The van der Waals surface area contributed by atoms with Crippen molar-refractivity contribution < 1.29 is 18.6 Å². The summed E-state index contributed by atoms with van der Waals surface area (Å²) < 4.78 is 35.3. The molecule has 0 amide bonds. The van der Waals surface area contributed by atoms with Crippen molar-refractivity contribution >= 4 is 11.4 Å². The summed E-state index contributed by atoms with van der Waals surface area (Å²) >= 11 is 0. The number of aliphatic hydroxyl groups is 1. The van der Waals surface area contributed by atoms with Crippen LogP contribution in [0.1, 0.15) is 45.1 Å². The van der Waals surface area contributed by atoms with E-state index in [1.165, 1.54) is 6.07 Å². The van der Waals surface area contributed by atoms with Crippen molar-refractivity contribution in [2.75, 3.05) is 36.0 Å². The number of halogens is 2. The molecule has 2 aliphatic rings. The highest BCUT2D eigenvalue weighted by Gasteiger charge is 2.28. The van der Waals surface area contributed by atoms with E-state index in [1.807, 2.05) is 37.8 Å². The topological polar surface area (TPSA) is 74.6 Å². The molecule has 4 heterocycles. The van der Waals surface area contributed by atoms with Crippen molar-refractivity contribution in [3.8, 4) is 17.0 Å². The highest BCUT2D eigenvalue weighted by atomic mass is 19.1. The van der Waals surface area contributed by atoms with Crippen LogP contribution >= 0.6 is 0 Å². The Morgan fingerprint density at radius 1 is 1.06 bits per heavy atom. The third-order valence-corrected chi connectivity index (χ3v) is 6.96. The molecule has 0 atom stereocenters. The molecule has 1 saturated heterocycles. The standard InChI is InChI=1S/C27H31F2N5O2/c1-17(2)34-10-11-36-26-21(28)12-18(13-23(26)34)25-22(29)16-31-24(32-25)14-19-4-5-20(15-30-19)33-8-6-27(3,35)7-9-33/h4-5,12-13,15-17,35H,6-11,14H2,1-3H3. The van der Waals surface area contributed by atoms with E-state index in [1.54, 1.807) is 12.3 Å². The molecule has 2 aliphatic heterocycles. The Morgan fingerprint density at radius 3 is 2.53 bits per heavy atom. The zero-order chi connectivity index (χ0) is 25.4. The van der Waals surface area contributed by atoms with Gasteiger partial charge in [0, 0.05) is 30.4 Å². The Hall–Kier alpha value is -3.33. The van der Waals surface area contributed by atoms with E-state index in [0.717, 1.165) is 30.7 Å². The molecule has 7 nitrogen and oxygen atoms in total. The van der Waals surface area contributed by atoms with Crippen LogP contribution in [0.4, 0.5) is 20.2 Å². The maximum atomic E-state index is 14.9. The normalized spacial score (nSPS) is 17.2. The summed E-state index contributed by atoms with van der Waals surface area (Å²) in [5.41, 5.74) is 2.12. The predicted octanol–water partition coefficient (Wildman–Crippen LogP) is 4.37. The molecule has 1 fully saturated rings. The summed E-state index contributed by atoms with van der Waals surface area (Å²) in [6, 6.07) is 7.04. The smallest absolute Gasteiger partial charge is 0.178 e. The Labute approximate surface area is 209 Å². The number of rotatable bonds is 5. The molecule has 3 aromatic rings. The second kappa shape index (κ2) is 9.61. The van der Waals surface area contributed by atoms with Crippen LogP contribution in [0.5, 0.6) is 5.75 Å². The zero-order valence-corrected chi connectivity index (χ0v) is 20.8. The zero-order valence-electron chi connectivity index (χ0n) is 20.8. The molecule has 0 spiro atoms. The number of hydrogen-bond donors (Lipinski definition) is 1. The van der Waals surface area contributed by atoms with Gasteiger partial charge in [-0.15, -0.1) is 0 Å². The largest absolute Gasteiger partial charge is 0.486 e. The minimum Gasteiger partial charge on any atom is -0.486 e. The fourth-order valence-corrected chi connectivity index (χ4v) is 4.78. The van der Waals surface area contributed by atoms with Gasteiger partial charge in [-0.2, -0.15) is 0 Å². The lowest BCUT2D eigenvalue weighted by Crippen LogP contribution is -2.42. The number of anilines is 2. The second-order valence-corrected chi connectivity index (χ2v) is 10.1. The number of hydrogen-bond acceptors (Lipinski definition) is 7. The number of aromatic nitrogens is 3. The minimum atomic E-state index is -0.616. The number of pyridine rings is 1. The van der Waals surface area contributed by atoms with Crippen molar-refractivity contribution in [3.05, 3.63) is 59.8 Å². The van der Waals surface area contributed by atoms with Crippen molar-refractivity contribution in [1.82, 2.24) is 15.0 Å². The molecule has 0 radical (unpaired) electrons. The van der Waals surface area contributed by atoms with Crippen molar-refractivity contribution in [3.63, 3.8) is 0 Å². The first-order chi connectivity index (χ1) is 17.2. The van der Waals surface area contributed by atoms with E-state index in [-0.39, 0.29) is 17.5 Å². The van der Waals surface area contributed by atoms with Crippen LogP contribution in [-0.2, 0) is 6.42 Å². The highest BCUT2D eigenvalue weighted by Crippen LogP contribution is 2.39.